The summed E-state index contributed by atoms with van der Waals surface area (Å²) in [5, 5.41) is 9.37. The number of unbranched alkanes of at least 4 members (excludes halogenated alkanes) is 2. The van der Waals surface area contributed by atoms with Crippen molar-refractivity contribution < 1.29 is 5.11 Å². The second-order valence-electron chi connectivity index (χ2n) is 2.86. The lowest BCUT2D eigenvalue weighted by molar-refractivity contribution is 0.263. The molecule has 0 aromatic rings. The molecule has 0 amide bonds. The van der Waals surface area contributed by atoms with Crippen LogP contribution in [0.3, 0.4) is 0 Å². The van der Waals surface area contributed by atoms with Crippen LogP contribution in [0.15, 0.2) is 42.7 Å². The molecule has 0 aromatic heterocycles. The average Bonchev–Trinajstić information content (AvgIpc) is 2.17. The van der Waals surface area contributed by atoms with E-state index in [0.29, 0.717) is 5.57 Å². The van der Waals surface area contributed by atoms with Crippen molar-refractivity contribution in [1.82, 2.24) is 0 Å². The normalized spacial score (nSPS) is 12.5. The van der Waals surface area contributed by atoms with Gasteiger partial charge in [-0.1, -0.05) is 44.6 Å². The third-order valence-corrected chi connectivity index (χ3v) is 1.77. The number of aliphatic hydroxyl groups is 1. The van der Waals surface area contributed by atoms with Crippen molar-refractivity contribution in [1.29, 1.82) is 0 Å². The largest absolute Gasteiger partial charge is 0.384 e. The van der Waals surface area contributed by atoms with E-state index in [1.165, 1.54) is 18.9 Å². The predicted molar refractivity (Wildman–Crippen MR) is 57.5 cm³/mol. The molecule has 0 fully saturated rings. The summed E-state index contributed by atoms with van der Waals surface area (Å²) in [5.74, 6) is 0. The molecule has 0 spiro atoms. The van der Waals surface area contributed by atoms with E-state index in [9.17, 15) is 5.11 Å². The molecular formula is C12H18O. The summed E-state index contributed by atoms with van der Waals surface area (Å²) < 4.78 is 0. The second kappa shape index (κ2) is 7.60. The van der Waals surface area contributed by atoms with Gasteiger partial charge in [0.15, 0.2) is 0 Å². The van der Waals surface area contributed by atoms with Crippen LogP contribution in [0.25, 0.3) is 0 Å². The first kappa shape index (κ1) is 12.0. The number of aliphatic hydroxyl groups excluding tert-OH is 1. The van der Waals surface area contributed by atoms with Gasteiger partial charge in [0.05, 0.1) is 0 Å². The number of allylic oxidation sites excluding steroid dienone is 1. The highest BCUT2D eigenvalue weighted by Gasteiger charge is 2.00. The topological polar surface area (TPSA) is 20.2 Å². The first-order valence-electron chi connectivity index (χ1n) is 4.63. The van der Waals surface area contributed by atoms with Crippen molar-refractivity contribution in [3.8, 4) is 0 Å². The highest BCUT2D eigenvalue weighted by atomic mass is 16.3. The van der Waals surface area contributed by atoms with E-state index >= 15 is 0 Å². The fraction of sp³-hybridized carbons (Fsp3) is 0.417. The second-order valence-corrected chi connectivity index (χ2v) is 2.86. The molecule has 1 heteroatoms. The Kier molecular flexibility index (Phi) is 6.99. The van der Waals surface area contributed by atoms with Gasteiger partial charge in [0.25, 0.3) is 0 Å². The van der Waals surface area contributed by atoms with Crippen LogP contribution in [-0.2, 0) is 0 Å². The maximum absolute atomic E-state index is 9.37. The molecule has 0 aliphatic heterocycles. The molecule has 72 valence electrons. The summed E-state index contributed by atoms with van der Waals surface area (Å²) in [6.07, 6.45) is 8.10. The van der Waals surface area contributed by atoms with Crippen molar-refractivity contribution in [3.63, 3.8) is 0 Å². The van der Waals surface area contributed by atoms with Crippen LogP contribution >= 0.6 is 0 Å². The Morgan fingerprint density at radius 1 is 1.62 bits per heavy atom. The van der Waals surface area contributed by atoms with Crippen LogP contribution in [0.2, 0.25) is 0 Å². The van der Waals surface area contributed by atoms with Crippen LogP contribution in [0.5, 0.6) is 0 Å². The standard InChI is InChI=1S/C12H18O/c1-4-7-8-9-10-11(5-2)12(13)6-3/h6,9-10,12-13H,2-4,7-8H2,1H3/b10-9+. The van der Waals surface area contributed by atoms with Gasteiger partial charge >= 0.3 is 0 Å². The molecule has 0 radical (unpaired) electrons. The molecular weight excluding hydrogens is 160 g/mol. The Bertz CT molecular complexity index is 219. The minimum absolute atomic E-state index is 0.643. The van der Waals surface area contributed by atoms with Gasteiger partial charge in [0.1, 0.15) is 6.10 Å². The van der Waals surface area contributed by atoms with Gasteiger partial charge in [0, 0.05) is 5.57 Å². The summed E-state index contributed by atoms with van der Waals surface area (Å²) in [5.41, 5.74) is 3.37. The third kappa shape index (κ3) is 5.24. The summed E-state index contributed by atoms with van der Waals surface area (Å²) in [6.45, 7) is 9.16. The van der Waals surface area contributed by atoms with Gasteiger partial charge in [-0.2, -0.15) is 0 Å². The Morgan fingerprint density at radius 3 is 2.77 bits per heavy atom. The molecule has 0 aliphatic carbocycles. The summed E-state index contributed by atoms with van der Waals surface area (Å²) >= 11 is 0. The Balaban J connectivity index is 4.06. The summed E-state index contributed by atoms with van der Waals surface area (Å²) in [7, 11) is 0. The highest BCUT2D eigenvalue weighted by Crippen LogP contribution is 2.05. The fourth-order valence-corrected chi connectivity index (χ4v) is 0.921. The van der Waals surface area contributed by atoms with Crippen molar-refractivity contribution >= 4 is 0 Å². The Morgan fingerprint density at radius 2 is 2.31 bits per heavy atom. The Hall–Kier alpha value is -1.04. The predicted octanol–water partition coefficient (Wildman–Crippen LogP) is 2.99. The van der Waals surface area contributed by atoms with Crippen molar-refractivity contribution in [2.45, 2.75) is 32.3 Å². The maximum Gasteiger partial charge on any atom is 0.104 e. The third-order valence-electron chi connectivity index (χ3n) is 1.77. The van der Waals surface area contributed by atoms with Gasteiger partial charge in [-0.05, 0) is 6.42 Å². The lowest BCUT2D eigenvalue weighted by atomic mass is 10.1. The van der Waals surface area contributed by atoms with E-state index in [4.69, 9.17) is 0 Å². The van der Waals surface area contributed by atoms with E-state index in [-0.39, 0.29) is 0 Å². The van der Waals surface area contributed by atoms with Crippen molar-refractivity contribution in [3.05, 3.63) is 42.7 Å². The van der Waals surface area contributed by atoms with Crippen LogP contribution in [0.4, 0.5) is 0 Å². The van der Waals surface area contributed by atoms with Crippen molar-refractivity contribution in [2.24, 2.45) is 0 Å². The smallest absolute Gasteiger partial charge is 0.104 e. The number of hydrogen-bond donors (Lipinski definition) is 1. The lowest BCUT2D eigenvalue weighted by Gasteiger charge is -2.02. The van der Waals surface area contributed by atoms with Crippen molar-refractivity contribution in [2.75, 3.05) is 0 Å². The zero-order valence-corrected chi connectivity index (χ0v) is 8.29. The molecule has 1 N–H and O–H groups in total. The molecule has 13 heavy (non-hydrogen) atoms. The lowest BCUT2D eigenvalue weighted by Crippen LogP contribution is -2.02. The molecule has 0 heterocycles. The van der Waals surface area contributed by atoms with E-state index in [2.05, 4.69) is 25.8 Å². The maximum atomic E-state index is 9.37. The van der Waals surface area contributed by atoms with Gasteiger partial charge < -0.3 is 5.11 Å². The van der Waals surface area contributed by atoms with E-state index < -0.39 is 6.10 Å². The van der Waals surface area contributed by atoms with Gasteiger partial charge in [0.2, 0.25) is 0 Å². The van der Waals surface area contributed by atoms with Crippen LogP contribution in [0.1, 0.15) is 26.2 Å². The van der Waals surface area contributed by atoms with Gasteiger partial charge in [-0.3, -0.25) is 0 Å². The molecule has 0 aromatic carbocycles. The molecule has 0 aliphatic rings. The van der Waals surface area contributed by atoms with Gasteiger partial charge in [-0.15, -0.1) is 12.3 Å². The molecule has 0 saturated heterocycles. The number of rotatable bonds is 6. The molecule has 0 saturated carbocycles. The molecule has 1 atom stereocenters. The minimum Gasteiger partial charge on any atom is -0.384 e. The SMILES string of the molecule is C=C=C(/C=C/CCCC)C(O)C=C. The molecule has 1 unspecified atom stereocenters. The molecule has 1 nitrogen and oxygen atoms in total. The number of hydrogen-bond acceptors (Lipinski definition) is 1. The minimum atomic E-state index is -0.643. The van der Waals surface area contributed by atoms with Crippen LogP contribution in [0, 0.1) is 0 Å². The van der Waals surface area contributed by atoms with E-state index in [0.717, 1.165) is 6.42 Å². The first-order valence-corrected chi connectivity index (χ1v) is 4.63. The Labute approximate surface area is 80.8 Å². The zero-order chi connectivity index (χ0) is 10.1. The fourth-order valence-electron chi connectivity index (χ4n) is 0.921. The molecule has 0 bridgehead atoms. The zero-order valence-electron chi connectivity index (χ0n) is 8.29. The van der Waals surface area contributed by atoms with E-state index in [1.807, 2.05) is 12.2 Å². The monoisotopic (exact) mass is 178 g/mol. The molecule has 0 rings (SSSR count). The van der Waals surface area contributed by atoms with Crippen LogP contribution in [-0.4, -0.2) is 11.2 Å². The summed E-state index contributed by atoms with van der Waals surface area (Å²) in [6, 6.07) is 0. The van der Waals surface area contributed by atoms with Gasteiger partial charge in [-0.25, -0.2) is 0 Å². The van der Waals surface area contributed by atoms with E-state index in [1.54, 1.807) is 0 Å². The highest BCUT2D eigenvalue weighted by molar-refractivity contribution is 5.24. The van der Waals surface area contributed by atoms with Crippen LogP contribution < -0.4 is 0 Å². The average molecular weight is 178 g/mol. The first-order chi connectivity index (χ1) is 6.26. The quantitative estimate of drug-likeness (QED) is 0.287. The summed E-state index contributed by atoms with van der Waals surface area (Å²) in [4.78, 5) is 0.